The van der Waals surface area contributed by atoms with Crippen molar-refractivity contribution in [3.05, 3.63) is 33.7 Å². The van der Waals surface area contributed by atoms with Gasteiger partial charge in [0.2, 0.25) is 17.7 Å². The number of amides is 1. The van der Waals surface area contributed by atoms with Crippen LogP contribution in [0.3, 0.4) is 0 Å². The number of hydrogen-bond acceptors (Lipinski definition) is 6. The summed E-state index contributed by atoms with van der Waals surface area (Å²) >= 11 is 1.76. The summed E-state index contributed by atoms with van der Waals surface area (Å²) in [5.74, 6) is 1.72. The Hall–Kier alpha value is -1.73. The van der Waals surface area contributed by atoms with E-state index in [4.69, 9.17) is 9.15 Å². The molecule has 2 aromatic rings. The van der Waals surface area contributed by atoms with E-state index < -0.39 is 0 Å². The van der Waals surface area contributed by atoms with Crippen molar-refractivity contribution < 1.29 is 13.9 Å². The molecule has 2 aromatic heterocycles. The highest BCUT2D eigenvalue weighted by Gasteiger charge is 2.47. The first-order valence-corrected chi connectivity index (χ1v) is 8.76. The van der Waals surface area contributed by atoms with Crippen LogP contribution in [0.4, 0.5) is 0 Å². The largest absolute Gasteiger partial charge is 0.423 e. The van der Waals surface area contributed by atoms with Gasteiger partial charge in [-0.1, -0.05) is 0 Å². The van der Waals surface area contributed by atoms with Crippen LogP contribution in [-0.4, -0.2) is 40.7 Å². The third kappa shape index (κ3) is 2.79. The quantitative estimate of drug-likeness (QED) is 0.863. The number of nitrogens with zero attached hydrogens (tertiary/aromatic N) is 3. The third-order valence-corrected chi connectivity index (χ3v) is 5.69. The standard InChI is InChI=1S/C16H19N3O3S/c1-9-3-6-23-14(9)11-7-12(11)16(20)19-4-5-21-13(8-19)15-18-17-10(2)22-15/h3,6,11-13H,4-5,7-8H2,1-2H3/t11-,12+,13+/m1/s1. The minimum atomic E-state index is -0.311. The van der Waals surface area contributed by atoms with E-state index in [0.717, 1.165) is 6.42 Å². The number of hydrogen-bond donors (Lipinski definition) is 0. The number of carbonyl (C=O) groups is 1. The average Bonchev–Trinajstić information content (AvgIpc) is 3.03. The molecule has 6 nitrogen and oxygen atoms in total. The first-order valence-electron chi connectivity index (χ1n) is 7.88. The fraction of sp³-hybridized carbons (Fsp3) is 0.562. The number of thiophene rings is 1. The number of morpholine rings is 1. The Morgan fingerprint density at radius 3 is 2.96 bits per heavy atom. The fourth-order valence-corrected chi connectivity index (χ4v) is 4.31. The van der Waals surface area contributed by atoms with Crippen LogP contribution in [0.15, 0.2) is 15.9 Å². The lowest BCUT2D eigenvalue weighted by atomic mass is 10.1. The Labute approximate surface area is 138 Å². The van der Waals surface area contributed by atoms with Gasteiger partial charge in [-0.25, -0.2) is 0 Å². The maximum atomic E-state index is 12.8. The second kappa shape index (κ2) is 5.72. The lowest BCUT2D eigenvalue weighted by Crippen LogP contribution is -2.43. The zero-order chi connectivity index (χ0) is 16.0. The van der Waals surface area contributed by atoms with E-state index in [0.29, 0.717) is 37.4 Å². The van der Waals surface area contributed by atoms with Crippen LogP contribution in [0, 0.1) is 19.8 Å². The second-order valence-corrected chi connectivity index (χ2v) is 7.17. The molecule has 122 valence electrons. The highest BCUT2D eigenvalue weighted by Crippen LogP contribution is 2.51. The molecule has 3 heterocycles. The molecule has 1 aliphatic carbocycles. The SMILES string of the molecule is Cc1nnc([C@@H]2CN(C(=O)[C@H]3C[C@H]3c3sccc3C)CCO2)o1. The van der Waals surface area contributed by atoms with Gasteiger partial charge in [0.15, 0.2) is 6.10 Å². The molecule has 0 spiro atoms. The first kappa shape index (κ1) is 14.8. The molecule has 1 saturated heterocycles. The molecule has 0 N–H and O–H groups in total. The number of aromatic nitrogens is 2. The number of rotatable bonds is 3. The lowest BCUT2D eigenvalue weighted by molar-refractivity contribution is -0.141. The highest BCUT2D eigenvalue weighted by atomic mass is 32.1. The molecule has 0 radical (unpaired) electrons. The Morgan fingerprint density at radius 1 is 1.39 bits per heavy atom. The summed E-state index contributed by atoms with van der Waals surface area (Å²) in [5.41, 5.74) is 1.30. The van der Waals surface area contributed by atoms with E-state index in [1.807, 2.05) is 4.90 Å². The lowest BCUT2D eigenvalue weighted by Gasteiger charge is -2.31. The van der Waals surface area contributed by atoms with Crippen molar-refractivity contribution in [1.29, 1.82) is 0 Å². The summed E-state index contributed by atoms with van der Waals surface area (Å²) in [6, 6.07) is 2.13. The molecule has 3 atom stereocenters. The predicted octanol–water partition coefficient (Wildman–Crippen LogP) is 2.45. The molecule has 1 saturated carbocycles. The number of aryl methyl sites for hydroxylation is 2. The van der Waals surface area contributed by atoms with Gasteiger partial charge in [-0.15, -0.1) is 21.5 Å². The van der Waals surface area contributed by atoms with Crippen molar-refractivity contribution >= 4 is 17.2 Å². The van der Waals surface area contributed by atoms with Gasteiger partial charge in [0.1, 0.15) is 0 Å². The van der Waals surface area contributed by atoms with Crippen LogP contribution in [0.1, 0.15) is 40.7 Å². The summed E-state index contributed by atoms with van der Waals surface area (Å²) in [5, 5.41) is 9.95. The van der Waals surface area contributed by atoms with Gasteiger partial charge in [-0.3, -0.25) is 4.79 Å². The van der Waals surface area contributed by atoms with Crippen molar-refractivity contribution in [2.24, 2.45) is 5.92 Å². The molecule has 0 bridgehead atoms. The zero-order valence-electron chi connectivity index (χ0n) is 13.2. The summed E-state index contributed by atoms with van der Waals surface area (Å²) < 4.78 is 11.1. The number of carbonyl (C=O) groups excluding carboxylic acids is 1. The van der Waals surface area contributed by atoms with E-state index in [1.54, 1.807) is 18.3 Å². The molecule has 0 unspecified atom stereocenters. The van der Waals surface area contributed by atoms with Gasteiger partial charge in [0.25, 0.3) is 0 Å². The molecule has 2 fully saturated rings. The van der Waals surface area contributed by atoms with Crippen molar-refractivity contribution in [3.8, 4) is 0 Å². The Kier molecular flexibility index (Phi) is 3.69. The zero-order valence-corrected chi connectivity index (χ0v) is 14.0. The molecule has 1 aliphatic heterocycles. The molecule has 2 aliphatic rings. The van der Waals surface area contributed by atoms with Crippen LogP contribution in [0.5, 0.6) is 0 Å². The predicted molar refractivity (Wildman–Crippen MR) is 84.2 cm³/mol. The van der Waals surface area contributed by atoms with E-state index in [2.05, 4.69) is 28.6 Å². The molecule has 1 amide bonds. The summed E-state index contributed by atoms with van der Waals surface area (Å²) in [7, 11) is 0. The molecule has 23 heavy (non-hydrogen) atoms. The third-order valence-electron chi connectivity index (χ3n) is 4.54. The summed E-state index contributed by atoms with van der Waals surface area (Å²) in [4.78, 5) is 16.0. The van der Waals surface area contributed by atoms with E-state index >= 15 is 0 Å². The van der Waals surface area contributed by atoms with Crippen LogP contribution in [-0.2, 0) is 9.53 Å². The molecule has 4 rings (SSSR count). The van der Waals surface area contributed by atoms with Gasteiger partial charge < -0.3 is 14.1 Å². The second-order valence-electron chi connectivity index (χ2n) is 6.22. The average molecular weight is 333 g/mol. The first-order chi connectivity index (χ1) is 11.1. The normalized spacial score (nSPS) is 27.2. The highest BCUT2D eigenvalue weighted by molar-refractivity contribution is 7.10. The summed E-state index contributed by atoms with van der Waals surface area (Å²) in [6.45, 7) is 5.50. The maximum Gasteiger partial charge on any atom is 0.246 e. The monoisotopic (exact) mass is 333 g/mol. The fourth-order valence-electron chi connectivity index (χ4n) is 3.20. The van der Waals surface area contributed by atoms with Gasteiger partial charge in [-0.2, -0.15) is 0 Å². The topological polar surface area (TPSA) is 68.5 Å². The van der Waals surface area contributed by atoms with Gasteiger partial charge in [0.05, 0.1) is 13.2 Å². The molecular formula is C16H19N3O3S. The number of ether oxygens (including phenoxy) is 1. The van der Waals surface area contributed by atoms with Crippen molar-refractivity contribution in [1.82, 2.24) is 15.1 Å². The van der Waals surface area contributed by atoms with E-state index in [-0.39, 0.29) is 17.9 Å². The minimum absolute atomic E-state index is 0.121. The smallest absolute Gasteiger partial charge is 0.246 e. The minimum Gasteiger partial charge on any atom is -0.423 e. The van der Waals surface area contributed by atoms with Gasteiger partial charge in [-0.05, 0) is 30.4 Å². The summed E-state index contributed by atoms with van der Waals surface area (Å²) in [6.07, 6.45) is 0.650. The van der Waals surface area contributed by atoms with Gasteiger partial charge in [0, 0.05) is 30.2 Å². The van der Waals surface area contributed by atoms with E-state index in [9.17, 15) is 4.79 Å². The molecule has 7 heteroatoms. The van der Waals surface area contributed by atoms with Crippen molar-refractivity contribution in [2.75, 3.05) is 19.7 Å². The Balaban J connectivity index is 1.42. The van der Waals surface area contributed by atoms with Crippen LogP contribution in [0.25, 0.3) is 0 Å². The molecule has 0 aromatic carbocycles. The van der Waals surface area contributed by atoms with Crippen molar-refractivity contribution in [2.45, 2.75) is 32.3 Å². The molecular weight excluding hydrogens is 314 g/mol. The van der Waals surface area contributed by atoms with Crippen LogP contribution >= 0.6 is 11.3 Å². The van der Waals surface area contributed by atoms with Crippen molar-refractivity contribution in [3.63, 3.8) is 0 Å². The van der Waals surface area contributed by atoms with E-state index in [1.165, 1.54) is 10.4 Å². The Bertz CT molecular complexity index is 726. The Morgan fingerprint density at radius 2 is 2.26 bits per heavy atom. The maximum absolute atomic E-state index is 12.8. The van der Waals surface area contributed by atoms with Crippen LogP contribution in [0.2, 0.25) is 0 Å². The van der Waals surface area contributed by atoms with Crippen LogP contribution < -0.4 is 0 Å². The van der Waals surface area contributed by atoms with Gasteiger partial charge >= 0.3 is 0 Å².